The van der Waals surface area contributed by atoms with Gasteiger partial charge in [0.05, 0.1) is 7.11 Å². The van der Waals surface area contributed by atoms with E-state index in [1.54, 1.807) is 19.9 Å². The zero-order chi connectivity index (χ0) is 13.8. The molecule has 0 aliphatic heterocycles. The van der Waals surface area contributed by atoms with Gasteiger partial charge in [-0.1, -0.05) is 13.8 Å². The van der Waals surface area contributed by atoms with Crippen molar-refractivity contribution in [3.8, 4) is 5.75 Å². The highest BCUT2D eigenvalue weighted by atomic mass is 32.2. The molecule has 0 spiro atoms. The van der Waals surface area contributed by atoms with Gasteiger partial charge in [0.2, 0.25) is 10.0 Å². The van der Waals surface area contributed by atoms with Crippen molar-refractivity contribution < 1.29 is 17.9 Å². The van der Waals surface area contributed by atoms with Crippen molar-refractivity contribution in [3.63, 3.8) is 0 Å². The minimum absolute atomic E-state index is 0.00819. The third-order valence-corrected chi connectivity index (χ3v) is 4.00. The normalized spacial score (nSPS) is 11.3. The maximum Gasteiger partial charge on any atom is 0.244 e. The van der Waals surface area contributed by atoms with Gasteiger partial charge in [0.1, 0.15) is 10.6 Å². The third-order valence-electron chi connectivity index (χ3n) is 2.43. The van der Waals surface area contributed by atoms with Gasteiger partial charge in [0.15, 0.2) is 5.78 Å². The molecule has 0 radical (unpaired) electrons. The summed E-state index contributed by atoms with van der Waals surface area (Å²) in [6, 6.07) is 4.41. The fourth-order valence-corrected chi connectivity index (χ4v) is 2.77. The van der Waals surface area contributed by atoms with Gasteiger partial charge < -0.3 is 4.74 Å². The molecule has 0 aromatic heterocycles. The van der Waals surface area contributed by atoms with Gasteiger partial charge in [0, 0.05) is 18.5 Å². The highest BCUT2D eigenvalue weighted by Gasteiger charge is 2.20. The first-order valence-electron chi connectivity index (χ1n) is 5.67. The smallest absolute Gasteiger partial charge is 0.244 e. The number of sulfonamides is 1. The van der Waals surface area contributed by atoms with Crippen LogP contribution < -0.4 is 9.46 Å². The molecule has 0 amide bonds. The maximum atomic E-state index is 12.0. The number of ether oxygens (including phenoxy) is 1. The van der Waals surface area contributed by atoms with E-state index < -0.39 is 10.0 Å². The first-order chi connectivity index (χ1) is 8.46. The molecular weight excluding hydrogens is 254 g/mol. The first kappa shape index (κ1) is 14.7. The number of methoxy groups -OCH3 is 1. The van der Waals surface area contributed by atoms with Crippen molar-refractivity contribution >= 4 is 15.8 Å². The summed E-state index contributed by atoms with van der Waals surface area (Å²) in [5.74, 6) is 0.120. The van der Waals surface area contributed by atoms with E-state index in [-0.39, 0.29) is 23.0 Å². The van der Waals surface area contributed by atoms with Gasteiger partial charge in [-0.2, -0.15) is 0 Å². The van der Waals surface area contributed by atoms with Crippen molar-refractivity contribution in [1.29, 1.82) is 0 Å². The van der Waals surface area contributed by atoms with Crippen LogP contribution in [0.4, 0.5) is 0 Å². The van der Waals surface area contributed by atoms with Crippen LogP contribution in [-0.2, 0) is 10.0 Å². The van der Waals surface area contributed by atoms with Crippen molar-refractivity contribution in [2.24, 2.45) is 0 Å². The number of benzene rings is 1. The lowest BCUT2D eigenvalue weighted by Crippen LogP contribution is -2.24. The van der Waals surface area contributed by atoms with Crippen molar-refractivity contribution in [2.75, 3.05) is 13.7 Å². The second-order valence-electron chi connectivity index (χ2n) is 3.64. The molecule has 1 aromatic carbocycles. The topological polar surface area (TPSA) is 72.5 Å². The Morgan fingerprint density at radius 1 is 1.33 bits per heavy atom. The van der Waals surface area contributed by atoms with Crippen molar-refractivity contribution in [1.82, 2.24) is 4.72 Å². The molecule has 1 aromatic rings. The lowest BCUT2D eigenvalue weighted by Gasteiger charge is -2.11. The molecule has 0 saturated heterocycles. The Hall–Kier alpha value is -1.40. The standard InChI is InChI=1S/C12H17NO4S/c1-4-10(14)9-6-7-11(17-3)12(8-9)18(15,16)13-5-2/h6-8,13H,4-5H2,1-3H3. The van der Waals surface area contributed by atoms with Gasteiger partial charge in [0.25, 0.3) is 0 Å². The van der Waals surface area contributed by atoms with Crippen LogP contribution in [-0.4, -0.2) is 27.9 Å². The molecule has 100 valence electrons. The number of carbonyl (C=O) groups excluding carboxylic acids is 1. The summed E-state index contributed by atoms with van der Waals surface area (Å²) in [5, 5.41) is 0. The molecule has 0 heterocycles. The number of carbonyl (C=O) groups is 1. The number of ketones is 1. The van der Waals surface area contributed by atoms with E-state index in [1.165, 1.54) is 19.2 Å². The fraction of sp³-hybridized carbons (Fsp3) is 0.417. The molecule has 0 aliphatic rings. The molecule has 0 unspecified atom stereocenters. The van der Waals surface area contributed by atoms with E-state index in [1.807, 2.05) is 0 Å². The van der Waals surface area contributed by atoms with E-state index in [2.05, 4.69) is 4.72 Å². The van der Waals surface area contributed by atoms with E-state index in [4.69, 9.17) is 4.74 Å². The van der Waals surface area contributed by atoms with E-state index >= 15 is 0 Å². The van der Waals surface area contributed by atoms with E-state index in [9.17, 15) is 13.2 Å². The van der Waals surface area contributed by atoms with Crippen LogP contribution in [0.3, 0.4) is 0 Å². The molecule has 0 aliphatic carbocycles. The summed E-state index contributed by atoms with van der Waals surface area (Å²) in [5.41, 5.74) is 0.370. The molecule has 1 rings (SSSR count). The van der Waals surface area contributed by atoms with Gasteiger partial charge in [-0.3, -0.25) is 4.79 Å². The van der Waals surface area contributed by atoms with E-state index in [0.29, 0.717) is 12.0 Å². The zero-order valence-corrected chi connectivity index (χ0v) is 11.5. The highest BCUT2D eigenvalue weighted by molar-refractivity contribution is 7.89. The minimum Gasteiger partial charge on any atom is -0.495 e. The second kappa shape index (κ2) is 5.97. The maximum absolute atomic E-state index is 12.0. The summed E-state index contributed by atoms with van der Waals surface area (Å²) in [6.45, 7) is 3.69. The van der Waals surface area contributed by atoms with Crippen LogP contribution in [0.25, 0.3) is 0 Å². The predicted octanol–water partition coefficient (Wildman–Crippen LogP) is 1.59. The van der Waals surface area contributed by atoms with Crippen LogP contribution in [0.5, 0.6) is 5.75 Å². The fourth-order valence-electron chi connectivity index (χ4n) is 1.53. The Morgan fingerprint density at radius 2 is 2.00 bits per heavy atom. The van der Waals surface area contributed by atoms with Crippen LogP contribution in [0.2, 0.25) is 0 Å². The first-order valence-corrected chi connectivity index (χ1v) is 7.15. The van der Waals surface area contributed by atoms with Gasteiger partial charge in [-0.05, 0) is 18.2 Å². The quantitative estimate of drug-likeness (QED) is 0.797. The summed E-state index contributed by atoms with van der Waals surface area (Å²) >= 11 is 0. The van der Waals surface area contributed by atoms with Crippen LogP contribution in [0, 0.1) is 0 Å². The van der Waals surface area contributed by atoms with Crippen LogP contribution in [0.15, 0.2) is 23.1 Å². The Bertz CT molecular complexity index is 537. The molecule has 0 saturated carbocycles. The molecule has 6 heteroatoms. The lowest BCUT2D eigenvalue weighted by molar-refractivity contribution is 0.0988. The lowest BCUT2D eigenvalue weighted by atomic mass is 10.1. The molecule has 18 heavy (non-hydrogen) atoms. The molecule has 5 nitrogen and oxygen atoms in total. The number of hydrogen-bond acceptors (Lipinski definition) is 4. The summed E-state index contributed by atoms with van der Waals surface area (Å²) in [6.07, 6.45) is 0.326. The molecule has 1 N–H and O–H groups in total. The van der Waals surface area contributed by atoms with E-state index in [0.717, 1.165) is 0 Å². The summed E-state index contributed by atoms with van der Waals surface area (Å²) < 4.78 is 31.3. The Balaban J connectivity index is 3.35. The van der Waals surface area contributed by atoms with Gasteiger partial charge in [-0.25, -0.2) is 13.1 Å². The molecule has 0 fully saturated rings. The zero-order valence-electron chi connectivity index (χ0n) is 10.7. The Kier molecular flexibility index (Phi) is 4.86. The van der Waals surface area contributed by atoms with Crippen molar-refractivity contribution in [3.05, 3.63) is 23.8 Å². The average molecular weight is 271 g/mol. The van der Waals surface area contributed by atoms with Gasteiger partial charge in [-0.15, -0.1) is 0 Å². The SMILES string of the molecule is CCNS(=O)(=O)c1cc(C(=O)CC)ccc1OC. The molecular formula is C12H17NO4S. The van der Waals surface area contributed by atoms with Crippen LogP contribution >= 0.6 is 0 Å². The van der Waals surface area contributed by atoms with Crippen molar-refractivity contribution in [2.45, 2.75) is 25.2 Å². The predicted molar refractivity (Wildman–Crippen MR) is 68.5 cm³/mol. The molecule has 0 atom stereocenters. The largest absolute Gasteiger partial charge is 0.495 e. The Morgan fingerprint density at radius 3 is 2.50 bits per heavy atom. The minimum atomic E-state index is -3.64. The van der Waals surface area contributed by atoms with Gasteiger partial charge >= 0.3 is 0 Å². The number of hydrogen-bond donors (Lipinski definition) is 1. The number of nitrogens with one attached hydrogen (secondary N) is 1. The number of rotatable bonds is 6. The average Bonchev–Trinajstić information content (AvgIpc) is 2.37. The van der Waals surface area contributed by atoms with Crippen LogP contribution in [0.1, 0.15) is 30.6 Å². The number of Topliss-reactive ketones (excluding diaryl/α,β-unsaturated/α-hetero) is 1. The highest BCUT2D eigenvalue weighted by Crippen LogP contribution is 2.25. The monoisotopic (exact) mass is 271 g/mol. The second-order valence-corrected chi connectivity index (χ2v) is 5.38. The summed E-state index contributed by atoms with van der Waals surface area (Å²) in [7, 11) is -2.25. The Labute approximate surface area is 107 Å². The summed E-state index contributed by atoms with van der Waals surface area (Å²) in [4.78, 5) is 11.6. The third kappa shape index (κ3) is 3.08. The molecule has 0 bridgehead atoms.